The fraction of sp³-hybridized carbons (Fsp3) is 0.455. The largest absolute Gasteiger partial charge is 0.313 e. The predicted molar refractivity (Wildman–Crippen MR) is 64.7 cm³/mol. The predicted octanol–water partition coefficient (Wildman–Crippen LogP) is 1.09. The molecule has 0 fully saturated rings. The van der Waals surface area contributed by atoms with Gasteiger partial charge in [0.2, 0.25) is 10.0 Å². The molecule has 5 heteroatoms. The van der Waals surface area contributed by atoms with E-state index in [1.807, 2.05) is 12.1 Å². The summed E-state index contributed by atoms with van der Waals surface area (Å²) >= 11 is 0. The maximum atomic E-state index is 11.7. The summed E-state index contributed by atoms with van der Waals surface area (Å²) in [4.78, 5) is 0.348. The Bertz CT molecular complexity index is 429. The monoisotopic (exact) mass is 242 g/mol. The van der Waals surface area contributed by atoms with Crippen molar-refractivity contribution >= 4 is 10.0 Å². The number of rotatable bonds is 6. The molecule has 1 rings (SSSR count). The number of sulfonamides is 1. The van der Waals surface area contributed by atoms with E-state index < -0.39 is 10.0 Å². The van der Waals surface area contributed by atoms with E-state index in [1.165, 1.54) is 7.05 Å². The van der Waals surface area contributed by atoms with Crippen LogP contribution in [0.3, 0.4) is 0 Å². The Morgan fingerprint density at radius 3 is 2.56 bits per heavy atom. The van der Waals surface area contributed by atoms with Crippen LogP contribution in [0.4, 0.5) is 0 Å². The third-order valence-electron chi connectivity index (χ3n) is 2.27. The second kappa shape index (κ2) is 5.98. The summed E-state index contributed by atoms with van der Waals surface area (Å²) in [5.41, 5.74) is 0.797. The number of hydrogen-bond acceptors (Lipinski definition) is 3. The van der Waals surface area contributed by atoms with Crippen LogP contribution in [0, 0.1) is 0 Å². The summed E-state index contributed by atoms with van der Waals surface area (Å²) in [6.07, 6.45) is 1.03. The minimum atomic E-state index is -3.36. The molecule has 0 saturated carbocycles. The van der Waals surface area contributed by atoms with Crippen molar-refractivity contribution in [3.8, 4) is 0 Å². The van der Waals surface area contributed by atoms with Gasteiger partial charge in [-0.2, -0.15) is 0 Å². The van der Waals surface area contributed by atoms with Crippen LogP contribution in [0.5, 0.6) is 0 Å². The Kier molecular flexibility index (Phi) is 4.92. The third-order valence-corrected chi connectivity index (χ3v) is 3.79. The van der Waals surface area contributed by atoms with E-state index in [4.69, 9.17) is 0 Å². The second-order valence-corrected chi connectivity index (χ2v) is 5.35. The van der Waals surface area contributed by atoms with Crippen molar-refractivity contribution in [2.45, 2.75) is 24.8 Å². The minimum absolute atomic E-state index is 0.348. The summed E-state index contributed by atoms with van der Waals surface area (Å²) in [5.74, 6) is 0. The summed E-state index contributed by atoms with van der Waals surface area (Å²) in [6, 6.07) is 7.02. The lowest BCUT2D eigenvalue weighted by molar-refractivity contribution is 0.585. The van der Waals surface area contributed by atoms with Gasteiger partial charge in [-0.15, -0.1) is 0 Å². The molecule has 0 aliphatic carbocycles. The van der Waals surface area contributed by atoms with E-state index in [2.05, 4.69) is 17.0 Å². The molecule has 0 bridgehead atoms. The van der Waals surface area contributed by atoms with Gasteiger partial charge in [-0.3, -0.25) is 0 Å². The van der Waals surface area contributed by atoms with Crippen molar-refractivity contribution < 1.29 is 8.42 Å². The lowest BCUT2D eigenvalue weighted by Crippen LogP contribution is -2.22. The van der Waals surface area contributed by atoms with Crippen LogP contribution < -0.4 is 10.0 Å². The smallest absolute Gasteiger partial charge is 0.240 e. The van der Waals surface area contributed by atoms with Gasteiger partial charge in [0.1, 0.15) is 0 Å². The van der Waals surface area contributed by atoms with Gasteiger partial charge >= 0.3 is 0 Å². The molecule has 0 aliphatic rings. The van der Waals surface area contributed by atoms with Crippen LogP contribution in [-0.4, -0.2) is 22.0 Å². The van der Waals surface area contributed by atoms with Gasteiger partial charge in [-0.1, -0.05) is 25.1 Å². The first-order valence-electron chi connectivity index (χ1n) is 5.34. The Hall–Kier alpha value is -0.910. The summed E-state index contributed by atoms with van der Waals surface area (Å²) in [6.45, 7) is 3.53. The highest BCUT2D eigenvalue weighted by atomic mass is 32.2. The first kappa shape index (κ1) is 13.2. The quantitative estimate of drug-likeness (QED) is 0.734. The van der Waals surface area contributed by atoms with E-state index in [1.54, 1.807) is 12.1 Å². The van der Waals surface area contributed by atoms with Crippen LogP contribution >= 0.6 is 0 Å². The van der Waals surface area contributed by atoms with Gasteiger partial charge in [0.15, 0.2) is 0 Å². The third kappa shape index (κ3) is 3.30. The van der Waals surface area contributed by atoms with Crippen LogP contribution in [0.2, 0.25) is 0 Å². The van der Waals surface area contributed by atoms with Crippen LogP contribution in [-0.2, 0) is 16.6 Å². The average Bonchev–Trinajstić information content (AvgIpc) is 2.30. The topological polar surface area (TPSA) is 58.2 Å². The fourth-order valence-electron chi connectivity index (χ4n) is 1.42. The van der Waals surface area contributed by atoms with Crippen LogP contribution in [0.1, 0.15) is 18.9 Å². The van der Waals surface area contributed by atoms with Gasteiger partial charge in [-0.05, 0) is 31.6 Å². The molecule has 0 radical (unpaired) electrons. The molecule has 1 aromatic carbocycles. The molecule has 0 spiro atoms. The van der Waals surface area contributed by atoms with Crippen molar-refractivity contribution in [2.75, 3.05) is 13.6 Å². The molecule has 0 saturated heterocycles. The molecule has 0 atom stereocenters. The number of benzene rings is 1. The van der Waals surface area contributed by atoms with Crippen molar-refractivity contribution in [1.29, 1.82) is 0 Å². The highest BCUT2D eigenvalue weighted by molar-refractivity contribution is 7.89. The van der Waals surface area contributed by atoms with Crippen LogP contribution in [0.25, 0.3) is 0 Å². The zero-order chi connectivity index (χ0) is 12.0. The Morgan fingerprint density at radius 2 is 1.94 bits per heavy atom. The van der Waals surface area contributed by atoms with Crippen molar-refractivity contribution in [2.24, 2.45) is 0 Å². The van der Waals surface area contributed by atoms with E-state index in [9.17, 15) is 8.42 Å². The number of nitrogens with one attached hydrogen (secondary N) is 2. The Balaban J connectivity index is 2.92. The maximum absolute atomic E-state index is 11.7. The molecular weight excluding hydrogens is 224 g/mol. The number of hydrogen-bond donors (Lipinski definition) is 2. The van der Waals surface area contributed by atoms with Gasteiger partial charge in [-0.25, -0.2) is 13.1 Å². The SMILES string of the molecule is CCCNCc1ccccc1S(=O)(=O)NC. The average molecular weight is 242 g/mol. The molecule has 90 valence electrons. The molecule has 16 heavy (non-hydrogen) atoms. The first-order valence-corrected chi connectivity index (χ1v) is 6.82. The highest BCUT2D eigenvalue weighted by Crippen LogP contribution is 2.14. The first-order chi connectivity index (χ1) is 7.61. The molecule has 0 amide bonds. The lowest BCUT2D eigenvalue weighted by atomic mass is 10.2. The van der Waals surface area contributed by atoms with E-state index >= 15 is 0 Å². The van der Waals surface area contributed by atoms with Crippen molar-refractivity contribution in [1.82, 2.24) is 10.0 Å². The zero-order valence-corrected chi connectivity index (χ0v) is 10.5. The molecule has 0 unspecified atom stereocenters. The molecule has 2 N–H and O–H groups in total. The van der Waals surface area contributed by atoms with E-state index in [0.717, 1.165) is 18.5 Å². The summed E-state index contributed by atoms with van der Waals surface area (Å²) in [5, 5.41) is 3.20. The summed E-state index contributed by atoms with van der Waals surface area (Å²) in [7, 11) is -1.93. The Morgan fingerprint density at radius 1 is 1.25 bits per heavy atom. The maximum Gasteiger partial charge on any atom is 0.240 e. The minimum Gasteiger partial charge on any atom is -0.313 e. The lowest BCUT2D eigenvalue weighted by Gasteiger charge is -2.10. The van der Waals surface area contributed by atoms with E-state index in [0.29, 0.717) is 11.4 Å². The van der Waals surface area contributed by atoms with Crippen molar-refractivity contribution in [3.63, 3.8) is 0 Å². The molecule has 0 aromatic heterocycles. The second-order valence-electron chi connectivity index (χ2n) is 3.49. The fourth-order valence-corrected chi connectivity index (χ4v) is 2.38. The molecule has 1 aromatic rings. The zero-order valence-electron chi connectivity index (χ0n) is 9.66. The molecule has 0 aliphatic heterocycles. The molecule has 0 heterocycles. The highest BCUT2D eigenvalue weighted by Gasteiger charge is 2.14. The van der Waals surface area contributed by atoms with E-state index in [-0.39, 0.29) is 0 Å². The normalized spacial score (nSPS) is 11.6. The van der Waals surface area contributed by atoms with Gasteiger partial charge in [0.05, 0.1) is 4.90 Å². The standard InChI is InChI=1S/C11H18N2O2S/c1-3-8-13-9-10-6-4-5-7-11(10)16(14,15)12-2/h4-7,12-13H,3,8-9H2,1-2H3. The van der Waals surface area contributed by atoms with Gasteiger partial charge in [0.25, 0.3) is 0 Å². The van der Waals surface area contributed by atoms with Gasteiger partial charge < -0.3 is 5.32 Å². The van der Waals surface area contributed by atoms with Crippen molar-refractivity contribution in [3.05, 3.63) is 29.8 Å². The van der Waals surface area contributed by atoms with Gasteiger partial charge in [0, 0.05) is 6.54 Å². The summed E-state index contributed by atoms with van der Waals surface area (Å²) < 4.78 is 25.8. The Labute approximate surface area is 97.1 Å². The van der Waals surface area contributed by atoms with Crippen LogP contribution in [0.15, 0.2) is 29.2 Å². The molecule has 4 nitrogen and oxygen atoms in total. The molecular formula is C11H18N2O2S.